The molecule has 0 aliphatic carbocycles. The van der Waals surface area contributed by atoms with Crippen LogP contribution in [0.3, 0.4) is 0 Å². The van der Waals surface area contributed by atoms with Crippen LogP contribution in [0.5, 0.6) is 0 Å². The largest absolute Gasteiger partial charge is 0.342 e. The molecule has 20 heavy (non-hydrogen) atoms. The van der Waals surface area contributed by atoms with Crippen LogP contribution >= 0.6 is 0 Å². The lowest BCUT2D eigenvalue weighted by Crippen LogP contribution is -2.68. The molecule has 1 saturated heterocycles. The Kier molecular flexibility index (Phi) is 6.03. The molecule has 3 unspecified atom stereocenters. The molecule has 4 heteroatoms. The molecule has 0 spiro atoms. The van der Waals surface area contributed by atoms with E-state index in [1.807, 2.05) is 25.7 Å². The minimum atomic E-state index is -0.358. The van der Waals surface area contributed by atoms with Crippen LogP contribution in [-0.4, -0.2) is 34.8 Å². The normalized spacial score (nSPS) is 25.3. The Labute approximate surface area is 123 Å². The van der Waals surface area contributed by atoms with Crippen LogP contribution in [0.25, 0.3) is 0 Å². The van der Waals surface area contributed by atoms with Crippen LogP contribution in [0.2, 0.25) is 0 Å². The maximum Gasteiger partial charge on any atom is 0.246 e. The molecule has 0 saturated carbocycles. The summed E-state index contributed by atoms with van der Waals surface area (Å²) < 4.78 is 0. The van der Waals surface area contributed by atoms with Gasteiger partial charge in [0.1, 0.15) is 12.1 Å². The molecule has 1 fully saturated rings. The molecule has 3 atom stereocenters. The molecule has 0 aromatic heterocycles. The van der Waals surface area contributed by atoms with Crippen LogP contribution in [0.1, 0.15) is 60.8 Å². The van der Waals surface area contributed by atoms with E-state index >= 15 is 0 Å². The Balaban J connectivity index is 3.13. The summed E-state index contributed by atoms with van der Waals surface area (Å²) in [6.07, 6.45) is 2.68. The number of nitrogens with one attached hydrogen (secondary N) is 1. The number of hydrogen-bond donors (Lipinski definition) is 1. The highest BCUT2D eigenvalue weighted by atomic mass is 16.2. The first-order valence-electron chi connectivity index (χ1n) is 8.01. The number of piperazine rings is 1. The van der Waals surface area contributed by atoms with Gasteiger partial charge in [0.15, 0.2) is 0 Å². The van der Waals surface area contributed by atoms with Crippen molar-refractivity contribution in [2.75, 3.05) is 0 Å². The van der Waals surface area contributed by atoms with E-state index in [2.05, 4.69) is 26.1 Å². The van der Waals surface area contributed by atoms with E-state index in [-0.39, 0.29) is 41.8 Å². The second-order valence-electron chi connectivity index (χ2n) is 6.28. The van der Waals surface area contributed by atoms with Crippen molar-refractivity contribution < 1.29 is 9.59 Å². The van der Waals surface area contributed by atoms with Crippen LogP contribution in [0, 0.1) is 11.8 Å². The average Bonchev–Trinajstić information content (AvgIpc) is 2.42. The van der Waals surface area contributed by atoms with Gasteiger partial charge in [0.25, 0.3) is 0 Å². The molecule has 0 aromatic rings. The first kappa shape index (κ1) is 17.0. The lowest BCUT2D eigenvalue weighted by molar-refractivity contribution is -0.156. The highest BCUT2D eigenvalue weighted by Gasteiger charge is 2.45. The molecule has 2 amide bonds. The molecule has 0 radical (unpaired) electrons. The fourth-order valence-corrected chi connectivity index (χ4v) is 3.06. The molecule has 1 aliphatic rings. The lowest BCUT2D eigenvalue weighted by Gasteiger charge is -2.46. The zero-order chi connectivity index (χ0) is 15.4. The minimum absolute atomic E-state index is 0.0109. The van der Waals surface area contributed by atoms with E-state index in [0.29, 0.717) is 0 Å². The van der Waals surface area contributed by atoms with Crippen LogP contribution in [-0.2, 0) is 9.59 Å². The first-order valence-corrected chi connectivity index (χ1v) is 8.01. The van der Waals surface area contributed by atoms with Gasteiger partial charge in [-0.1, -0.05) is 48.0 Å². The quantitative estimate of drug-likeness (QED) is 0.814. The number of carbonyl (C=O) groups is 2. The Bertz CT molecular complexity index is 350. The number of hydrogen-bond acceptors (Lipinski definition) is 2. The van der Waals surface area contributed by atoms with Gasteiger partial charge in [-0.3, -0.25) is 9.59 Å². The van der Waals surface area contributed by atoms with Crippen molar-refractivity contribution in [2.45, 2.75) is 78.9 Å². The van der Waals surface area contributed by atoms with Gasteiger partial charge in [0.2, 0.25) is 11.8 Å². The fraction of sp³-hybridized carbons (Fsp3) is 0.875. The summed E-state index contributed by atoms with van der Waals surface area (Å²) in [4.78, 5) is 27.2. The van der Waals surface area contributed by atoms with Crippen LogP contribution in [0.4, 0.5) is 0 Å². The molecule has 0 bridgehead atoms. The van der Waals surface area contributed by atoms with Crippen molar-refractivity contribution in [3.05, 3.63) is 0 Å². The smallest absolute Gasteiger partial charge is 0.246 e. The molecule has 0 aromatic carbocycles. The predicted octanol–water partition coefficient (Wildman–Crippen LogP) is 2.57. The number of rotatable bonds is 6. The summed E-state index contributed by atoms with van der Waals surface area (Å²) in [7, 11) is 0. The highest BCUT2D eigenvalue weighted by molar-refractivity contribution is 5.97. The first-order chi connectivity index (χ1) is 9.38. The SMILES string of the molecule is CCC(C)C1NC(=O)C(C(C)C)N(C(CC)CC)C1=O. The second kappa shape index (κ2) is 7.09. The minimum Gasteiger partial charge on any atom is -0.342 e. The van der Waals surface area contributed by atoms with Crippen molar-refractivity contribution in [3.8, 4) is 0 Å². The molecule has 1 rings (SSSR count). The third kappa shape index (κ3) is 3.15. The van der Waals surface area contributed by atoms with Gasteiger partial charge in [-0.25, -0.2) is 0 Å². The van der Waals surface area contributed by atoms with E-state index < -0.39 is 0 Å². The third-order valence-corrected chi connectivity index (χ3v) is 4.57. The number of nitrogens with zero attached hydrogens (tertiary/aromatic N) is 1. The van der Waals surface area contributed by atoms with Crippen molar-refractivity contribution >= 4 is 11.8 Å². The maximum atomic E-state index is 12.9. The van der Waals surface area contributed by atoms with Gasteiger partial charge in [-0.05, 0) is 24.7 Å². The van der Waals surface area contributed by atoms with Crippen molar-refractivity contribution in [1.82, 2.24) is 10.2 Å². The van der Waals surface area contributed by atoms with E-state index in [0.717, 1.165) is 19.3 Å². The maximum absolute atomic E-state index is 12.9. The Morgan fingerprint density at radius 3 is 2.00 bits per heavy atom. The fourth-order valence-electron chi connectivity index (χ4n) is 3.06. The summed E-state index contributed by atoms with van der Waals surface area (Å²) in [6, 6.07) is -0.525. The van der Waals surface area contributed by atoms with Gasteiger partial charge < -0.3 is 10.2 Å². The monoisotopic (exact) mass is 282 g/mol. The van der Waals surface area contributed by atoms with E-state index in [4.69, 9.17) is 0 Å². The molecule has 1 N–H and O–H groups in total. The van der Waals surface area contributed by atoms with Gasteiger partial charge in [0, 0.05) is 6.04 Å². The zero-order valence-corrected chi connectivity index (χ0v) is 13.8. The Morgan fingerprint density at radius 2 is 1.60 bits per heavy atom. The average molecular weight is 282 g/mol. The molecular weight excluding hydrogens is 252 g/mol. The van der Waals surface area contributed by atoms with Crippen LogP contribution < -0.4 is 5.32 Å². The highest BCUT2D eigenvalue weighted by Crippen LogP contribution is 2.26. The molecule has 4 nitrogen and oxygen atoms in total. The van der Waals surface area contributed by atoms with E-state index in [9.17, 15) is 9.59 Å². The zero-order valence-electron chi connectivity index (χ0n) is 13.8. The molecule has 1 heterocycles. The van der Waals surface area contributed by atoms with Crippen LogP contribution in [0.15, 0.2) is 0 Å². The standard InChI is InChI=1S/C16H30N2O2/c1-7-11(6)13-16(20)18(12(8-2)9-3)14(10(4)5)15(19)17-13/h10-14H,7-9H2,1-6H3,(H,17,19). The molecular formula is C16H30N2O2. The summed E-state index contributed by atoms with van der Waals surface area (Å²) in [5.74, 6) is 0.428. The van der Waals surface area contributed by atoms with Crippen molar-refractivity contribution in [3.63, 3.8) is 0 Å². The summed E-state index contributed by atoms with van der Waals surface area (Å²) >= 11 is 0. The van der Waals surface area contributed by atoms with Gasteiger partial charge in [0.05, 0.1) is 0 Å². The lowest BCUT2D eigenvalue weighted by atomic mass is 9.89. The third-order valence-electron chi connectivity index (χ3n) is 4.57. The molecule has 1 aliphatic heterocycles. The number of carbonyl (C=O) groups excluding carboxylic acids is 2. The van der Waals surface area contributed by atoms with Crippen molar-refractivity contribution in [2.24, 2.45) is 11.8 Å². The summed E-state index contributed by atoms with van der Waals surface area (Å²) in [5.41, 5.74) is 0. The van der Waals surface area contributed by atoms with Gasteiger partial charge in [-0.15, -0.1) is 0 Å². The summed E-state index contributed by atoms with van der Waals surface area (Å²) in [5, 5.41) is 2.95. The van der Waals surface area contributed by atoms with E-state index in [1.54, 1.807) is 0 Å². The van der Waals surface area contributed by atoms with E-state index in [1.165, 1.54) is 0 Å². The second-order valence-corrected chi connectivity index (χ2v) is 6.28. The van der Waals surface area contributed by atoms with Gasteiger partial charge in [-0.2, -0.15) is 0 Å². The van der Waals surface area contributed by atoms with Crippen molar-refractivity contribution in [1.29, 1.82) is 0 Å². The number of amides is 2. The topological polar surface area (TPSA) is 49.4 Å². The Morgan fingerprint density at radius 1 is 1.05 bits per heavy atom. The van der Waals surface area contributed by atoms with Gasteiger partial charge >= 0.3 is 0 Å². The summed E-state index contributed by atoms with van der Waals surface area (Å²) in [6.45, 7) is 12.3. The Hall–Kier alpha value is -1.06. The predicted molar refractivity (Wildman–Crippen MR) is 81.2 cm³/mol. The molecule has 116 valence electrons.